The average molecular weight is 293 g/mol. The number of nitrogens with one attached hydrogen (secondary N) is 2. The number of likely N-dealkylation sites (tertiary alicyclic amines) is 1. The first-order valence-corrected chi connectivity index (χ1v) is 8.99. The lowest BCUT2D eigenvalue weighted by Gasteiger charge is -2.40. The summed E-state index contributed by atoms with van der Waals surface area (Å²) in [6.07, 6.45) is 10.5. The van der Waals surface area contributed by atoms with Crippen LogP contribution in [0.4, 0.5) is 0 Å². The van der Waals surface area contributed by atoms with Crippen LogP contribution in [0.25, 0.3) is 0 Å². The van der Waals surface area contributed by atoms with Crippen molar-refractivity contribution in [3.63, 3.8) is 0 Å². The van der Waals surface area contributed by atoms with E-state index >= 15 is 0 Å². The Morgan fingerprint density at radius 1 is 1.05 bits per heavy atom. The number of piperidine rings is 1. The molecule has 3 atom stereocenters. The van der Waals surface area contributed by atoms with E-state index in [4.69, 9.17) is 0 Å². The molecule has 0 bridgehead atoms. The molecule has 3 aliphatic rings. The van der Waals surface area contributed by atoms with Gasteiger partial charge in [0, 0.05) is 38.1 Å². The molecular weight excluding hydrogens is 262 g/mol. The molecule has 3 fully saturated rings. The fourth-order valence-corrected chi connectivity index (χ4v) is 4.59. The van der Waals surface area contributed by atoms with Gasteiger partial charge in [0.25, 0.3) is 0 Å². The smallest absolute Gasteiger partial charge is 0.219 e. The summed E-state index contributed by atoms with van der Waals surface area (Å²) in [5.41, 5.74) is 0. The van der Waals surface area contributed by atoms with Crippen molar-refractivity contribution in [3.05, 3.63) is 0 Å². The zero-order valence-electron chi connectivity index (χ0n) is 13.4. The van der Waals surface area contributed by atoms with Gasteiger partial charge in [-0.1, -0.05) is 12.8 Å². The van der Waals surface area contributed by atoms with Crippen molar-refractivity contribution in [1.82, 2.24) is 15.5 Å². The number of carbonyl (C=O) groups is 1. The van der Waals surface area contributed by atoms with Gasteiger partial charge in [0.2, 0.25) is 5.91 Å². The molecule has 0 aromatic rings. The third-order valence-electron chi connectivity index (χ3n) is 5.82. The number of amides is 1. The molecule has 2 heterocycles. The van der Waals surface area contributed by atoms with Crippen LogP contribution in [0.3, 0.4) is 0 Å². The number of rotatable bonds is 3. The average Bonchev–Trinajstić information content (AvgIpc) is 3.02. The third-order valence-corrected chi connectivity index (χ3v) is 5.82. The summed E-state index contributed by atoms with van der Waals surface area (Å²) in [5, 5.41) is 7.69. The normalized spacial score (nSPS) is 35.1. The third kappa shape index (κ3) is 3.78. The zero-order valence-corrected chi connectivity index (χ0v) is 13.4. The zero-order chi connectivity index (χ0) is 14.7. The molecule has 0 aromatic carbocycles. The minimum Gasteiger partial charge on any atom is -0.343 e. The standard InChI is InChI=1S/C17H31N3O/c1-13(21)20-11-8-14(9-12-20)19-17-6-3-2-5-15(17)16-7-4-10-18-16/h14-19H,2-12H2,1H3. The molecule has 0 aromatic heterocycles. The first-order chi connectivity index (χ1) is 10.2. The molecular formula is C17H31N3O. The Hall–Kier alpha value is -0.610. The monoisotopic (exact) mass is 293 g/mol. The van der Waals surface area contributed by atoms with E-state index in [1.54, 1.807) is 6.92 Å². The van der Waals surface area contributed by atoms with Crippen LogP contribution in [0.2, 0.25) is 0 Å². The summed E-state index contributed by atoms with van der Waals surface area (Å²) in [6, 6.07) is 2.07. The highest BCUT2D eigenvalue weighted by Gasteiger charge is 2.34. The molecule has 4 heteroatoms. The second kappa shape index (κ2) is 7.10. The fraction of sp³-hybridized carbons (Fsp3) is 0.941. The van der Waals surface area contributed by atoms with E-state index in [1.807, 2.05) is 4.90 Å². The molecule has 120 valence electrons. The van der Waals surface area contributed by atoms with Crippen molar-refractivity contribution in [2.75, 3.05) is 19.6 Å². The van der Waals surface area contributed by atoms with Crippen molar-refractivity contribution in [2.45, 2.75) is 76.4 Å². The summed E-state index contributed by atoms with van der Waals surface area (Å²) >= 11 is 0. The molecule has 1 amide bonds. The predicted octanol–water partition coefficient (Wildman–Crippen LogP) is 1.90. The maximum absolute atomic E-state index is 11.4. The molecule has 1 aliphatic carbocycles. The number of hydrogen-bond acceptors (Lipinski definition) is 3. The van der Waals surface area contributed by atoms with E-state index in [0.29, 0.717) is 12.1 Å². The predicted molar refractivity (Wildman–Crippen MR) is 85.2 cm³/mol. The quantitative estimate of drug-likeness (QED) is 0.835. The van der Waals surface area contributed by atoms with Gasteiger partial charge in [0.1, 0.15) is 0 Å². The molecule has 3 unspecified atom stereocenters. The Morgan fingerprint density at radius 2 is 1.81 bits per heavy atom. The van der Waals surface area contributed by atoms with Crippen LogP contribution in [0, 0.1) is 5.92 Å². The second-order valence-electron chi connectivity index (χ2n) is 7.20. The van der Waals surface area contributed by atoms with Crippen molar-refractivity contribution >= 4 is 5.91 Å². The van der Waals surface area contributed by atoms with Crippen LogP contribution in [0.1, 0.15) is 58.3 Å². The molecule has 2 saturated heterocycles. The number of carbonyl (C=O) groups excluding carboxylic acids is 1. The van der Waals surface area contributed by atoms with Crippen LogP contribution in [-0.4, -0.2) is 48.6 Å². The minimum atomic E-state index is 0.235. The first-order valence-electron chi connectivity index (χ1n) is 8.99. The topological polar surface area (TPSA) is 44.4 Å². The molecule has 0 spiro atoms. The summed E-state index contributed by atoms with van der Waals surface area (Å²) in [5.74, 6) is 1.06. The maximum Gasteiger partial charge on any atom is 0.219 e. The lowest BCUT2D eigenvalue weighted by molar-refractivity contribution is -0.129. The van der Waals surface area contributed by atoms with Gasteiger partial charge in [-0.3, -0.25) is 4.79 Å². The second-order valence-corrected chi connectivity index (χ2v) is 7.20. The largest absolute Gasteiger partial charge is 0.343 e. The van der Waals surface area contributed by atoms with E-state index in [1.165, 1.54) is 45.1 Å². The molecule has 21 heavy (non-hydrogen) atoms. The Bertz CT molecular complexity index is 346. The number of hydrogen-bond donors (Lipinski definition) is 2. The van der Waals surface area contributed by atoms with Gasteiger partial charge in [-0.25, -0.2) is 0 Å². The van der Waals surface area contributed by atoms with E-state index in [-0.39, 0.29) is 5.91 Å². The summed E-state index contributed by atoms with van der Waals surface area (Å²) < 4.78 is 0. The SMILES string of the molecule is CC(=O)N1CCC(NC2CCCCC2C2CCCN2)CC1. The van der Waals surface area contributed by atoms with Crippen molar-refractivity contribution < 1.29 is 4.79 Å². The Balaban J connectivity index is 1.51. The Kier molecular flexibility index (Phi) is 5.17. The lowest BCUT2D eigenvalue weighted by Crippen LogP contribution is -2.53. The van der Waals surface area contributed by atoms with Gasteiger partial charge < -0.3 is 15.5 Å². The molecule has 0 radical (unpaired) electrons. The lowest BCUT2D eigenvalue weighted by atomic mass is 9.78. The van der Waals surface area contributed by atoms with E-state index < -0.39 is 0 Å². The van der Waals surface area contributed by atoms with Gasteiger partial charge in [0.15, 0.2) is 0 Å². The summed E-state index contributed by atoms with van der Waals surface area (Å²) in [7, 11) is 0. The van der Waals surface area contributed by atoms with Crippen LogP contribution < -0.4 is 10.6 Å². The highest BCUT2D eigenvalue weighted by Crippen LogP contribution is 2.31. The highest BCUT2D eigenvalue weighted by molar-refractivity contribution is 5.73. The summed E-state index contributed by atoms with van der Waals surface area (Å²) in [4.78, 5) is 13.4. The van der Waals surface area contributed by atoms with Crippen molar-refractivity contribution in [2.24, 2.45) is 5.92 Å². The van der Waals surface area contributed by atoms with Gasteiger partial charge in [-0.05, 0) is 51.0 Å². The van der Waals surface area contributed by atoms with Crippen LogP contribution >= 0.6 is 0 Å². The van der Waals surface area contributed by atoms with E-state index in [2.05, 4.69) is 10.6 Å². The molecule has 2 N–H and O–H groups in total. The molecule has 1 saturated carbocycles. The van der Waals surface area contributed by atoms with Gasteiger partial charge in [-0.2, -0.15) is 0 Å². The molecule has 3 rings (SSSR count). The first kappa shape index (κ1) is 15.3. The highest BCUT2D eigenvalue weighted by atomic mass is 16.2. The van der Waals surface area contributed by atoms with E-state index in [0.717, 1.165) is 37.9 Å². The number of nitrogens with zero attached hydrogens (tertiary/aromatic N) is 1. The molecule has 4 nitrogen and oxygen atoms in total. The van der Waals surface area contributed by atoms with Crippen molar-refractivity contribution in [3.8, 4) is 0 Å². The summed E-state index contributed by atoms with van der Waals surface area (Å²) in [6.45, 7) is 4.78. The van der Waals surface area contributed by atoms with E-state index in [9.17, 15) is 4.79 Å². The van der Waals surface area contributed by atoms with Crippen LogP contribution in [-0.2, 0) is 4.79 Å². The van der Waals surface area contributed by atoms with Crippen molar-refractivity contribution in [1.29, 1.82) is 0 Å². The maximum atomic E-state index is 11.4. The van der Waals surface area contributed by atoms with Crippen LogP contribution in [0.5, 0.6) is 0 Å². The van der Waals surface area contributed by atoms with Gasteiger partial charge in [0.05, 0.1) is 0 Å². The van der Waals surface area contributed by atoms with Gasteiger partial charge >= 0.3 is 0 Å². The Morgan fingerprint density at radius 3 is 2.48 bits per heavy atom. The Labute approximate surface area is 129 Å². The minimum absolute atomic E-state index is 0.235. The van der Waals surface area contributed by atoms with Crippen LogP contribution in [0.15, 0.2) is 0 Å². The fourth-order valence-electron chi connectivity index (χ4n) is 4.59. The molecule has 2 aliphatic heterocycles. The van der Waals surface area contributed by atoms with Gasteiger partial charge in [-0.15, -0.1) is 0 Å².